The Bertz CT molecular complexity index is 522. The van der Waals surface area contributed by atoms with Gasteiger partial charge in [0.1, 0.15) is 0 Å². The fourth-order valence-corrected chi connectivity index (χ4v) is 1.71. The van der Waals surface area contributed by atoms with Gasteiger partial charge in [0.2, 0.25) is 0 Å². The Labute approximate surface area is 100 Å². The first kappa shape index (κ1) is 11.5. The van der Waals surface area contributed by atoms with E-state index >= 15 is 0 Å². The smallest absolute Gasteiger partial charge is 0.307 e. The maximum Gasteiger partial charge on any atom is 0.307 e. The molecule has 0 heterocycles. The zero-order valence-corrected chi connectivity index (χ0v) is 9.77. The highest BCUT2D eigenvalue weighted by Crippen LogP contribution is 2.18. The first-order chi connectivity index (χ1) is 8.29. The monoisotopic (exact) mass is 229 g/mol. The number of fused-ring (bicyclic) bond motifs is 1. The molecule has 0 aliphatic heterocycles. The van der Waals surface area contributed by atoms with Crippen molar-refractivity contribution in [2.24, 2.45) is 0 Å². The second-order valence-corrected chi connectivity index (χ2v) is 3.81. The van der Waals surface area contributed by atoms with Crippen LogP contribution in [0.15, 0.2) is 42.5 Å². The van der Waals surface area contributed by atoms with Crippen molar-refractivity contribution in [2.45, 2.75) is 6.42 Å². The number of ether oxygens (including phenoxy) is 1. The fraction of sp³-hybridized carbons (Fsp3) is 0.214. The van der Waals surface area contributed by atoms with Crippen LogP contribution in [-0.2, 0) is 9.53 Å². The maximum absolute atomic E-state index is 11.0. The Morgan fingerprint density at radius 3 is 2.71 bits per heavy atom. The Kier molecular flexibility index (Phi) is 3.60. The number of carbonyl (C=O) groups is 1. The summed E-state index contributed by atoms with van der Waals surface area (Å²) in [6.07, 6.45) is 0.378. The van der Waals surface area contributed by atoms with Crippen molar-refractivity contribution < 1.29 is 9.53 Å². The minimum absolute atomic E-state index is 0.196. The molecule has 0 aliphatic rings. The average Bonchev–Trinajstić information content (AvgIpc) is 2.38. The van der Waals surface area contributed by atoms with Crippen LogP contribution in [0.1, 0.15) is 6.42 Å². The van der Waals surface area contributed by atoms with Crippen LogP contribution in [0.3, 0.4) is 0 Å². The summed E-state index contributed by atoms with van der Waals surface area (Å²) in [5, 5.41) is 5.61. The summed E-state index contributed by atoms with van der Waals surface area (Å²) in [5.41, 5.74) is 1.02. The fourth-order valence-electron chi connectivity index (χ4n) is 1.71. The van der Waals surface area contributed by atoms with Crippen molar-refractivity contribution in [3.63, 3.8) is 0 Å². The van der Waals surface area contributed by atoms with Gasteiger partial charge in [-0.05, 0) is 22.9 Å². The van der Waals surface area contributed by atoms with Crippen LogP contribution in [0.5, 0.6) is 0 Å². The standard InChI is InChI=1S/C14H15NO2/c1-17-14(16)8-9-15-13-7-6-11-4-2-3-5-12(11)10-13/h2-7,10,15H,8-9H2,1H3. The molecule has 0 saturated carbocycles. The largest absolute Gasteiger partial charge is 0.469 e. The van der Waals surface area contributed by atoms with Crippen molar-refractivity contribution in [1.29, 1.82) is 0 Å². The molecule has 3 heteroatoms. The lowest BCUT2D eigenvalue weighted by Crippen LogP contribution is -2.09. The van der Waals surface area contributed by atoms with Crippen LogP contribution in [-0.4, -0.2) is 19.6 Å². The van der Waals surface area contributed by atoms with E-state index in [9.17, 15) is 4.79 Å². The van der Waals surface area contributed by atoms with Gasteiger partial charge in [-0.15, -0.1) is 0 Å². The second kappa shape index (κ2) is 5.34. The van der Waals surface area contributed by atoms with Gasteiger partial charge in [0.15, 0.2) is 0 Å². The van der Waals surface area contributed by atoms with Gasteiger partial charge in [-0.1, -0.05) is 30.3 Å². The summed E-state index contributed by atoms with van der Waals surface area (Å²) in [5.74, 6) is -0.196. The number of hydrogen-bond donors (Lipinski definition) is 1. The van der Waals surface area contributed by atoms with Crippen LogP contribution >= 0.6 is 0 Å². The van der Waals surface area contributed by atoms with E-state index in [1.54, 1.807) is 0 Å². The van der Waals surface area contributed by atoms with E-state index in [0.29, 0.717) is 13.0 Å². The Balaban J connectivity index is 2.02. The number of rotatable bonds is 4. The normalized spacial score (nSPS) is 10.2. The van der Waals surface area contributed by atoms with Gasteiger partial charge in [-0.3, -0.25) is 4.79 Å². The minimum Gasteiger partial charge on any atom is -0.469 e. The van der Waals surface area contributed by atoms with E-state index in [2.05, 4.69) is 34.3 Å². The zero-order valence-electron chi connectivity index (χ0n) is 9.77. The number of anilines is 1. The zero-order chi connectivity index (χ0) is 12.1. The lowest BCUT2D eigenvalue weighted by atomic mass is 10.1. The van der Waals surface area contributed by atoms with Gasteiger partial charge in [0, 0.05) is 12.2 Å². The molecule has 0 unspecified atom stereocenters. The lowest BCUT2D eigenvalue weighted by Gasteiger charge is -2.06. The van der Waals surface area contributed by atoms with Gasteiger partial charge in [0.05, 0.1) is 13.5 Å². The van der Waals surface area contributed by atoms with Crippen LogP contribution in [0.25, 0.3) is 10.8 Å². The molecule has 0 radical (unpaired) electrons. The van der Waals surface area contributed by atoms with Crippen molar-refractivity contribution >= 4 is 22.4 Å². The van der Waals surface area contributed by atoms with Gasteiger partial charge in [-0.25, -0.2) is 0 Å². The van der Waals surface area contributed by atoms with Crippen LogP contribution < -0.4 is 5.32 Å². The summed E-state index contributed by atoms with van der Waals surface area (Å²) < 4.78 is 4.58. The minimum atomic E-state index is -0.196. The summed E-state index contributed by atoms with van der Waals surface area (Å²) >= 11 is 0. The number of carbonyl (C=O) groups excluding carboxylic acids is 1. The molecule has 0 atom stereocenters. The van der Waals surface area contributed by atoms with E-state index in [0.717, 1.165) is 5.69 Å². The summed E-state index contributed by atoms with van der Waals surface area (Å²) in [6.45, 7) is 0.588. The first-order valence-electron chi connectivity index (χ1n) is 5.59. The number of methoxy groups -OCH3 is 1. The molecule has 2 aromatic carbocycles. The van der Waals surface area contributed by atoms with Crippen molar-refractivity contribution in [3.05, 3.63) is 42.5 Å². The Hall–Kier alpha value is -2.03. The molecule has 0 amide bonds. The van der Waals surface area contributed by atoms with Gasteiger partial charge in [0.25, 0.3) is 0 Å². The molecular formula is C14H15NO2. The van der Waals surface area contributed by atoms with Gasteiger partial charge < -0.3 is 10.1 Å². The highest BCUT2D eigenvalue weighted by Gasteiger charge is 2.00. The predicted octanol–water partition coefficient (Wildman–Crippen LogP) is 2.81. The van der Waals surface area contributed by atoms with E-state index in [1.165, 1.54) is 17.9 Å². The van der Waals surface area contributed by atoms with Crippen LogP contribution in [0.4, 0.5) is 5.69 Å². The summed E-state index contributed by atoms with van der Waals surface area (Å²) in [6, 6.07) is 14.3. The highest BCUT2D eigenvalue weighted by molar-refractivity contribution is 5.85. The van der Waals surface area contributed by atoms with Gasteiger partial charge in [-0.2, -0.15) is 0 Å². The number of esters is 1. The number of hydrogen-bond acceptors (Lipinski definition) is 3. The molecule has 0 spiro atoms. The molecule has 17 heavy (non-hydrogen) atoms. The molecule has 88 valence electrons. The second-order valence-electron chi connectivity index (χ2n) is 3.81. The molecule has 0 fully saturated rings. The third kappa shape index (κ3) is 2.97. The van der Waals surface area contributed by atoms with E-state index in [1.807, 2.05) is 18.2 Å². The van der Waals surface area contributed by atoms with Crippen molar-refractivity contribution in [2.75, 3.05) is 19.0 Å². The maximum atomic E-state index is 11.0. The lowest BCUT2D eigenvalue weighted by molar-refractivity contribution is -0.140. The van der Waals surface area contributed by atoms with E-state index in [-0.39, 0.29) is 5.97 Å². The average molecular weight is 229 g/mol. The summed E-state index contributed by atoms with van der Waals surface area (Å²) in [7, 11) is 1.40. The molecule has 0 aromatic heterocycles. The molecule has 0 bridgehead atoms. The molecule has 0 aliphatic carbocycles. The van der Waals surface area contributed by atoms with E-state index < -0.39 is 0 Å². The highest BCUT2D eigenvalue weighted by atomic mass is 16.5. The summed E-state index contributed by atoms with van der Waals surface area (Å²) in [4.78, 5) is 11.0. The molecule has 0 saturated heterocycles. The van der Waals surface area contributed by atoms with Crippen molar-refractivity contribution in [1.82, 2.24) is 0 Å². The number of benzene rings is 2. The van der Waals surface area contributed by atoms with Gasteiger partial charge >= 0.3 is 5.97 Å². The van der Waals surface area contributed by atoms with E-state index in [4.69, 9.17) is 0 Å². The van der Waals surface area contributed by atoms with Crippen LogP contribution in [0.2, 0.25) is 0 Å². The third-order valence-corrected chi connectivity index (χ3v) is 2.64. The SMILES string of the molecule is COC(=O)CCNc1ccc2ccccc2c1. The Morgan fingerprint density at radius 1 is 1.18 bits per heavy atom. The first-order valence-corrected chi connectivity index (χ1v) is 5.59. The predicted molar refractivity (Wildman–Crippen MR) is 69.1 cm³/mol. The third-order valence-electron chi connectivity index (χ3n) is 2.64. The Morgan fingerprint density at radius 2 is 1.94 bits per heavy atom. The molecule has 2 rings (SSSR count). The quantitative estimate of drug-likeness (QED) is 0.819. The topological polar surface area (TPSA) is 38.3 Å². The molecule has 3 nitrogen and oxygen atoms in total. The van der Waals surface area contributed by atoms with Crippen molar-refractivity contribution in [3.8, 4) is 0 Å². The molecule has 1 N–H and O–H groups in total. The molecular weight excluding hydrogens is 214 g/mol. The molecule has 2 aromatic rings. The number of nitrogens with one attached hydrogen (secondary N) is 1. The van der Waals surface area contributed by atoms with Crippen LogP contribution in [0, 0.1) is 0 Å².